The van der Waals surface area contributed by atoms with Gasteiger partial charge in [-0.15, -0.1) is 0 Å². The lowest BCUT2D eigenvalue weighted by atomic mass is 9.84. The van der Waals surface area contributed by atoms with Crippen molar-refractivity contribution < 1.29 is 14.3 Å². The third kappa shape index (κ3) is 3.35. The molecule has 3 rings (SSSR count). The van der Waals surface area contributed by atoms with Gasteiger partial charge in [-0.2, -0.15) is 0 Å². The van der Waals surface area contributed by atoms with E-state index in [1.54, 1.807) is 0 Å². The Balaban J connectivity index is 2.03. The van der Waals surface area contributed by atoms with E-state index in [1.807, 2.05) is 28.9 Å². The highest BCUT2D eigenvalue weighted by Crippen LogP contribution is 2.41. The first-order valence-corrected chi connectivity index (χ1v) is 8.93. The molecule has 1 aromatic rings. The zero-order chi connectivity index (χ0) is 18.0. The minimum atomic E-state index is -0.0467. The molecule has 1 fully saturated rings. The first-order valence-electron chi connectivity index (χ1n) is 8.93. The zero-order valence-electron chi connectivity index (χ0n) is 15.3. The number of carbonyl (C=O) groups is 2. The van der Waals surface area contributed by atoms with Crippen molar-refractivity contribution in [3.05, 3.63) is 29.8 Å². The summed E-state index contributed by atoms with van der Waals surface area (Å²) < 4.78 is 5.09. The number of hydrogen-bond acceptors (Lipinski definition) is 4. The van der Waals surface area contributed by atoms with Crippen LogP contribution in [0.5, 0.6) is 0 Å². The van der Waals surface area contributed by atoms with Crippen molar-refractivity contribution in [2.24, 2.45) is 5.92 Å². The molecule has 25 heavy (non-hydrogen) atoms. The van der Waals surface area contributed by atoms with Crippen LogP contribution in [0.15, 0.2) is 24.3 Å². The molecule has 2 atom stereocenters. The van der Waals surface area contributed by atoms with Gasteiger partial charge < -0.3 is 19.4 Å². The van der Waals surface area contributed by atoms with Gasteiger partial charge in [0.1, 0.15) is 6.61 Å². The van der Waals surface area contributed by atoms with E-state index in [4.69, 9.17) is 4.74 Å². The van der Waals surface area contributed by atoms with Gasteiger partial charge in [0, 0.05) is 58.4 Å². The minimum absolute atomic E-state index is 0.0165. The Morgan fingerprint density at radius 2 is 2.04 bits per heavy atom. The van der Waals surface area contributed by atoms with Crippen LogP contribution in [0.1, 0.15) is 24.9 Å². The van der Waals surface area contributed by atoms with E-state index in [2.05, 4.69) is 24.1 Å². The van der Waals surface area contributed by atoms with Gasteiger partial charge in [-0.25, -0.2) is 0 Å². The van der Waals surface area contributed by atoms with E-state index >= 15 is 0 Å². The highest BCUT2D eigenvalue weighted by molar-refractivity contribution is 5.81. The molecule has 2 heterocycles. The molecule has 6 heteroatoms. The first-order chi connectivity index (χ1) is 12.1. The standard InChI is InChI=1S/C19H27N3O3/c1-4-21-12-14-11-20(2)16-8-6-5-7-15(16)19(14)22(10-9-17(21)23)18(24)13-25-3/h5-8,14,19H,4,9-13H2,1-3H3/t14-,19-/m1/s1. The van der Waals surface area contributed by atoms with Crippen LogP contribution >= 0.6 is 0 Å². The molecule has 0 saturated carbocycles. The molecule has 2 amide bonds. The number of carbonyl (C=O) groups excluding carboxylic acids is 2. The number of para-hydroxylation sites is 1. The monoisotopic (exact) mass is 345 g/mol. The highest BCUT2D eigenvalue weighted by atomic mass is 16.5. The number of fused-ring (bicyclic) bond motifs is 3. The van der Waals surface area contributed by atoms with E-state index in [9.17, 15) is 9.59 Å². The lowest BCUT2D eigenvalue weighted by molar-refractivity contribution is -0.143. The van der Waals surface area contributed by atoms with Gasteiger partial charge in [-0.3, -0.25) is 9.59 Å². The maximum atomic E-state index is 12.7. The Morgan fingerprint density at radius 1 is 1.28 bits per heavy atom. The summed E-state index contributed by atoms with van der Waals surface area (Å²) in [5.41, 5.74) is 2.32. The average Bonchev–Trinajstić information content (AvgIpc) is 2.60. The Hall–Kier alpha value is -2.08. The largest absolute Gasteiger partial charge is 0.375 e. The molecule has 136 valence electrons. The molecule has 0 aromatic heterocycles. The number of hydrogen-bond donors (Lipinski definition) is 0. The molecule has 0 bridgehead atoms. The molecule has 1 saturated heterocycles. The molecular formula is C19H27N3O3. The molecule has 0 spiro atoms. The van der Waals surface area contributed by atoms with Crippen LogP contribution in [0.4, 0.5) is 5.69 Å². The van der Waals surface area contributed by atoms with Crippen molar-refractivity contribution in [2.75, 3.05) is 51.8 Å². The van der Waals surface area contributed by atoms with E-state index < -0.39 is 0 Å². The quantitative estimate of drug-likeness (QED) is 0.834. The summed E-state index contributed by atoms with van der Waals surface area (Å²) in [5.74, 6) is 0.261. The molecule has 0 radical (unpaired) electrons. The van der Waals surface area contributed by atoms with E-state index in [0.717, 1.165) is 17.8 Å². The van der Waals surface area contributed by atoms with Crippen LogP contribution in [0.2, 0.25) is 0 Å². The van der Waals surface area contributed by atoms with E-state index in [0.29, 0.717) is 26.1 Å². The second-order valence-corrected chi connectivity index (χ2v) is 6.85. The van der Waals surface area contributed by atoms with E-state index in [-0.39, 0.29) is 30.4 Å². The van der Waals surface area contributed by atoms with Gasteiger partial charge in [-0.1, -0.05) is 18.2 Å². The Labute approximate surface area is 149 Å². The van der Waals surface area contributed by atoms with Crippen molar-refractivity contribution in [1.29, 1.82) is 0 Å². The number of benzene rings is 1. The van der Waals surface area contributed by atoms with Crippen LogP contribution in [0, 0.1) is 5.92 Å². The summed E-state index contributed by atoms with van der Waals surface area (Å²) in [5, 5.41) is 0. The number of ether oxygens (including phenoxy) is 1. The number of rotatable bonds is 3. The smallest absolute Gasteiger partial charge is 0.249 e. The molecule has 1 aromatic carbocycles. The van der Waals surface area contributed by atoms with Gasteiger partial charge in [0.15, 0.2) is 0 Å². The second kappa shape index (κ2) is 7.44. The van der Waals surface area contributed by atoms with E-state index in [1.165, 1.54) is 7.11 Å². The minimum Gasteiger partial charge on any atom is -0.375 e. The van der Waals surface area contributed by atoms with Gasteiger partial charge in [0.25, 0.3) is 0 Å². The van der Waals surface area contributed by atoms with Crippen LogP contribution in [-0.4, -0.2) is 68.6 Å². The summed E-state index contributed by atoms with van der Waals surface area (Å²) in [6.07, 6.45) is 0.366. The highest BCUT2D eigenvalue weighted by Gasteiger charge is 2.40. The zero-order valence-corrected chi connectivity index (χ0v) is 15.3. The molecule has 0 unspecified atom stereocenters. The summed E-state index contributed by atoms with van der Waals surface area (Å²) in [6.45, 7) is 4.71. The maximum absolute atomic E-state index is 12.7. The SMILES string of the molecule is CCN1C[C@H]2CN(C)c3ccccc3[C@@H]2N(C(=O)COC)CCC1=O. The van der Waals surface area contributed by atoms with Crippen LogP contribution in [0.3, 0.4) is 0 Å². The summed E-state index contributed by atoms with van der Waals surface area (Å²) in [4.78, 5) is 31.2. The lowest BCUT2D eigenvalue weighted by Crippen LogP contribution is -2.53. The fourth-order valence-electron chi connectivity index (χ4n) is 4.16. The summed E-state index contributed by atoms with van der Waals surface area (Å²) in [7, 11) is 3.61. The number of nitrogens with zero attached hydrogens (tertiary/aromatic N) is 3. The molecule has 2 aliphatic rings. The lowest BCUT2D eigenvalue weighted by Gasteiger charge is -2.47. The Bertz CT molecular complexity index is 649. The fourth-order valence-corrected chi connectivity index (χ4v) is 4.16. The van der Waals surface area contributed by atoms with Gasteiger partial charge >= 0.3 is 0 Å². The van der Waals surface area contributed by atoms with Crippen molar-refractivity contribution >= 4 is 17.5 Å². The number of amides is 2. The van der Waals surface area contributed by atoms with Crippen LogP contribution in [0.25, 0.3) is 0 Å². The average molecular weight is 345 g/mol. The summed E-state index contributed by atoms with van der Waals surface area (Å²) >= 11 is 0. The van der Waals surface area contributed by atoms with Gasteiger partial charge in [-0.05, 0) is 18.6 Å². The van der Waals surface area contributed by atoms with Crippen molar-refractivity contribution in [2.45, 2.75) is 19.4 Å². The van der Waals surface area contributed by atoms with Crippen molar-refractivity contribution in [3.63, 3.8) is 0 Å². The predicted molar refractivity (Wildman–Crippen MR) is 96.4 cm³/mol. The van der Waals surface area contributed by atoms with Gasteiger partial charge in [0.05, 0.1) is 6.04 Å². The Kier molecular flexibility index (Phi) is 5.27. The number of methoxy groups -OCH3 is 1. The number of anilines is 1. The molecule has 6 nitrogen and oxygen atoms in total. The Morgan fingerprint density at radius 3 is 2.76 bits per heavy atom. The molecular weight excluding hydrogens is 318 g/mol. The second-order valence-electron chi connectivity index (χ2n) is 6.85. The third-order valence-corrected chi connectivity index (χ3v) is 5.30. The predicted octanol–water partition coefficient (Wildman–Crippen LogP) is 1.52. The van der Waals surface area contributed by atoms with Gasteiger partial charge in [0.2, 0.25) is 11.8 Å². The molecule has 2 aliphatic heterocycles. The van der Waals surface area contributed by atoms with Crippen LogP contribution in [-0.2, 0) is 14.3 Å². The van der Waals surface area contributed by atoms with Crippen molar-refractivity contribution in [3.8, 4) is 0 Å². The third-order valence-electron chi connectivity index (χ3n) is 5.30. The van der Waals surface area contributed by atoms with Crippen LogP contribution < -0.4 is 4.90 Å². The summed E-state index contributed by atoms with van der Waals surface area (Å²) in [6, 6.07) is 8.25. The fraction of sp³-hybridized carbons (Fsp3) is 0.579. The molecule has 0 N–H and O–H groups in total. The first kappa shape index (κ1) is 17.7. The molecule has 0 aliphatic carbocycles. The normalized spacial score (nSPS) is 23.6. The van der Waals surface area contributed by atoms with Crippen molar-refractivity contribution in [1.82, 2.24) is 9.80 Å². The maximum Gasteiger partial charge on any atom is 0.249 e. The topological polar surface area (TPSA) is 53.1 Å².